The van der Waals surface area contributed by atoms with E-state index in [9.17, 15) is 21.2 Å². The Bertz CT molecular complexity index is 1560. The molecular weight excluding hydrogens is 529 g/mol. The highest BCUT2D eigenvalue weighted by molar-refractivity contribution is 7.91. The Labute approximate surface area is 215 Å². The number of halogens is 2. The van der Waals surface area contributed by atoms with Crippen molar-refractivity contribution < 1.29 is 21.2 Å². The number of anilines is 1. The lowest BCUT2D eigenvalue weighted by Gasteiger charge is -2.42. The first-order chi connectivity index (χ1) is 16.8. The molecule has 0 radical (unpaired) electrons. The van der Waals surface area contributed by atoms with E-state index in [1.54, 1.807) is 0 Å². The minimum Gasteiger partial charge on any atom is -0.349 e. The lowest BCUT2D eigenvalue weighted by molar-refractivity contribution is 0.217. The van der Waals surface area contributed by atoms with Gasteiger partial charge in [-0.05, 0) is 65.8 Å². The second kappa shape index (κ2) is 8.44. The monoisotopic (exact) mass is 557 g/mol. The third-order valence-electron chi connectivity index (χ3n) is 7.39. The number of rotatable bonds is 6. The van der Waals surface area contributed by atoms with Crippen LogP contribution in [0.25, 0.3) is 10.9 Å². The summed E-state index contributed by atoms with van der Waals surface area (Å²) in [6, 6.07) is 3.86. The standard InChI is InChI=1S/C23H29ClFN5O4S2/c1-15(2)35(31,32)28-9-6-18(14-28)36(33,34)30-20-12-16(25)11-19(24)21(20)22(26-30)29-10-5-17(27(3)4)13-23(29)7-8-23/h6,9,11-12,14-15,17H,5,7-8,10,13H2,1-4H3. The first-order valence-corrected chi connectivity index (χ1v) is 15.1. The summed E-state index contributed by atoms with van der Waals surface area (Å²) in [6.45, 7) is 3.68. The molecule has 1 atom stereocenters. The maximum absolute atomic E-state index is 14.5. The van der Waals surface area contributed by atoms with E-state index >= 15 is 0 Å². The largest absolute Gasteiger partial charge is 0.349 e. The average Bonchev–Trinajstić information content (AvgIpc) is 3.21. The molecule has 9 nitrogen and oxygen atoms in total. The zero-order valence-electron chi connectivity index (χ0n) is 20.5. The van der Waals surface area contributed by atoms with Gasteiger partial charge in [0.15, 0.2) is 5.82 Å². The number of fused-ring (bicyclic) bond motifs is 1. The highest BCUT2D eigenvalue weighted by Crippen LogP contribution is 2.52. The van der Waals surface area contributed by atoms with E-state index < -0.39 is 31.1 Å². The van der Waals surface area contributed by atoms with Gasteiger partial charge in [0, 0.05) is 36.6 Å². The number of piperidine rings is 1. The summed E-state index contributed by atoms with van der Waals surface area (Å²) in [5.41, 5.74) is -0.130. The number of hydrogen-bond acceptors (Lipinski definition) is 7. The van der Waals surface area contributed by atoms with Crippen molar-refractivity contribution in [3.05, 3.63) is 41.4 Å². The molecule has 1 unspecified atom stereocenters. The van der Waals surface area contributed by atoms with E-state index in [0.29, 0.717) is 23.8 Å². The van der Waals surface area contributed by atoms with Crippen LogP contribution in [-0.4, -0.2) is 72.4 Å². The van der Waals surface area contributed by atoms with E-state index in [-0.39, 0.29) is 21.0 Å². The normalized spacial score (nSPS) is 20.2. The molecule has 13 heteroatoms. The van der Waals surface area contributed by atoms with Crippen LogP contribution in [0.3, 0.4) is 0 Å². The van der Waals surface area contributed by atoms with E-state index in [0.717, 1.165) is 52.1 Å². The van der Waals surface area contributed by atoms with Gasteiger partial charge in [-0.3, -0.25) is 3.97 Å². The molecule has 0 N–H and O–H groups in total. The molecule has 1 aromatic carbocycles. The molecule has 1 saturated carbocycles. The SMILES string of the molecule is CC(C)S(=O)(=O)n1ccc(S(=O)(=O)n2nc(N3CCC(N(C)C)CC34CC4)c3c(Cl)cc(F)cc32)c1. The third-order valence-corrected chi connectivity index (χ3v) is 11.3. The van der Waals surface area contributed by atoms with Crippen LogP contribution in [0, 0.1) is 5.82 Å². The van der Waals surface area contributed by atoms with Crippen LogP contribution in [-0.2, 0) is 20.0 Å². The Balaban J connectivity index is 1.65. The highest BCUT2D eigenvalue weighted by Gasteiger charge is 2.53. The number of nitrogens with zero attached hydrogens (tertiary/aromatic N) is 5. The minimum atomic E-state index is -4.36. The van der Waals surface area contributed by atoms with Crippen molar-refractivity contribution in [1.29, 1.82) is 0 Å². The first-order valence-electron chi connectivity index (χ1n) is 11.8. The Morgan fingerprint density at radius 3 is 2.50 bits per heavy atom. The average molecular weight is 558 g/mol. The van der Waals surface area contributed by atoms with E-state index in [1.165, 1.54) is 26.1 Å². The van der Waals surface area contributed by atoms with Crippen LogP contribution in [0.15, 0.2) is 35.5 Å². The second-order valence-electron chi connectivity index (χ2n) is 10.2. The molecule has 196 valence electrons. The van der Waals surface area contributed by atoms with Crippen LogP contribution >= 0.6 is 11.6 Å². The summed E-state index contributed by atoms with van der Waals surface area (Å²) >= 11 is 6.48. The molecule has 2 fully saturated rings. The van der Waals surface area contributed by atoms with Gasteiger partial charge < -0.3 is 9.80 Å². The van der Waals surface area contributed by atoms with Crippen molar-refractivity contribution in [1.82, 2.24) is 18.1 Å². The Kier molecular flexibility index (Phi) is 5.98. The smallest absolute Gasteiger partial charge is 0.285 e. The zero-order chi connectivity index (χ0) is 26.2. The molecule has 1 aliphatic carbocycles. The Hall–Kier alpha value is -2.15. The van der Waals surface area contributed by atoms with Gasteiger partial charge in [-0.25, -0.2) is 12.8 Å². The summed E-state index contributed by atoms with van der Waals surface area (Å²) in [5.74, 6) is -0.287. The molecule has 2 aromatic heterocycles. The Morgan fingerprint density at radius 2 is 1.89 bits per heavy atom. The van der Waals surface area contributed by atoms with Crippen LogP contribution in [0.4, 0.5) is 10.2 Å². The first kappa shape index (κ1) is 25.5. The lowest BCUT2D eigenvalue weighted by atomic mass is 9.94. The van der Waals surface area contributed by atoms with Crippen LogP contribution < -0.4 is 4.90 Å². The maximum Gasteiger partial charge on any atom is 0.285 e. The molecule has 0 bridgehead atoms. The van der Waals surface area contributed by atoms with Gasteiger partial charge in [0.05, 0.1) is 21.2 Å². The summed E-state index contributed by atoms with van der Waals surface area (Å²) in [6.07, 6.45) is 5.91. The molecule has 0 amide bonds. The summed E-state index contributed by atoms with van der Waals surface area (Å²) < 4.78 is 68.6. The number of hydrogen-bond donors (Lipinski definition) is 0. The highest BCUT2D eigenvalue weighted by atomic mass is 35.5. The van der Waals surface area contributed by atoms with Crippen molar-refractivity contribution in [2.24, 2.45) is 0 Å². The summed E-state index contributed by atoms with van der Waals surface area (Å²) in [4.78, 5) is 4.06. The predicted octanol–water partition coefficient (Wildman–Crippen LogP) is 3.52. The van der Waals surface area contributed by atoms with Crippen LogP contribution in [0.2, 0.25) is 5.02 Å². The van der Waals surface area contributed by atoms with E-state index in [1.807, 2.05) is 0 Å². The summed E-state index contributed by atoms with van der Waals surface area (Å²) in [7, 11) is -4.01. The van der Waals surface area contributed by atoms with Gasteiger partial charge in [0.2, 0.25) is 10.0 Å². The fourth-order valence-electron chi connectivity index (χ4n) is 5.06. The van der Waals surface area contributed by atoms with Gasteiger partial charge in [0.1, 0.15) is 10.7 Å². The Morgan fingerprint density at radius 1 is 1.19 bits per heavy atom. The number of aromatic nitrogens is 3. The van der Waals surface area contributed by atoms with Gasteiger partial charge in [-0.1, -0.05) is 11.6 Å². The van der Waals surface area contributed by atoms with Crippen molar-refractivity contribution in [2.45, 2.75) is 61.3 Å². The van der Waals surface area contributed by atoms with E-state index in [2.05, 4.69) is 29.0 Å². The van der Waals surface area contributed by atoms with Crippen LogP contribution in [0.1, 0.15) is 39.5 Å². The molecule has 3 aromatic rings. The topological polar surface area (TPSA) is 97.5 Å². The fourth-order valence-corrected chi connectivity index (χ4v) is 7.66. The van der Waals surface area contributed by atoms with Crippen LogP contribution in [0.5, 0.6) is 0 Å². The van der Waals surface area contributed by atoms with Crippen molar-refractivity contribution in [3.63, 3.8) is 0 Å². The van der Waals surface area contributed by atoms with Gasteiger partial charge in [0.25, 0.3) is 10.0 Å². The minimum absolute atomic E-state index is 0.0139. The number of benzene rings is 1. The molecule has 5 rings (SSSR count). The van der Waals surface area contributed by atoms with Crippen molar-refractivity contribution in [2.75, 3.05) is 25.5 Å². The molecule has 3 heterocycles. The molecule has 1 saturated heterocycles. The molecule has 1 spiro atoms. The molecule has 1 aliphatic heterocycles. The van der Waals surface area contributed by atoms with Crippen molar-refractivity contribution >= 4 is 48.4 Å². The fraction of sp³-hybridized carbons (Fsp3) is 0.522. The maximum atomic E-state index is 14.5. The third kappa shape index (κ3) is 3.93. The predicted molar refractivity (Wildman–Crippen MR) is 137 cm³/mol. The quantitative estimate of drug-likeness (QED) is 0.457. The molecule has 36 heavy (non-hydrogen) atoms. The zero-order valence-corrected chi connectivity index (χ0v) is 22.9. The second-order valence-corrected chi connectivity index (χ2v) is 14.8. The van der Waals surface area contributed by atoms with Crippen molar-refractivity contribution in [3.8, 4) is 0 Å². The van der Waals surface area contributed by atoms with E-state index in [4.69, 9.17) is 11.6 Å². The van der Waals surface area contributed by atoms with Gasteiger partial charge in [-0.15, -0.1) is 5.10 Å². The lowest BCUT2D eigenvalue weighted by Crippen LogP contribution is -2.50. The molecule has 2 aliphatic rings. The molecular formula is C23H29ClFN5O4S2. The summed E-state index contributed by atoms with van der Waals surface area (Å²) in [5, 5.41) is 4.20. The van der Waals surface area contributed by atoms with Gasteiger partial charge >= 0.3 is 0 Å². The van der Waals surface area contributed by atoms with Gasteiger partial charge in [-0.2, -0.15) is 12.5 Å².